The van der Waals surface area contributed by atoms with Crippen LogP contribution < -0.4 is 15.9 Å². The number of hydrogen-bond donors (Lipinski definition) is 5. The first-order valence-electron chi connectivity index (χ1n) is 29.7. The zero-order valence-corrected chi connectivity index (χ0v) is 51.3. The number of ether oxygens (including phenoxy) is 6. The number of unbranched alkanes of at least 4 members (excludes halogenated alkanes) is 5. The molecule has 3 aromatic carbocycles. The maximum atomic E-state index is 14.7. The van der Waals surface area contributed by atoms with E-state index in [4.69, 9.17) is 28.4 Å². The van der Waals surface area contributed by atoms with Crippen LogP contribution in [0.25, 0.3) is 0 Å². The number of esters is 1. The first-order valence-corrected chi connectivity index (χ1v) is 31.7. The Morgan fingerprint density at radius 3 is 1.81 bits per heavy atom. The van der Waals surface area contributed by atoms with E-state index in [1.807, 2.05) is 32.8 Å². The lowest BCUT2D eigenvalue weighted by Gasteiger charge is -2.48. The molecule has 0 radical (unpaired) electrons. The normalized spacial score (nSPS) is 36.2. The van der Waals surface area contributed by atoms with Crippen LogP contribution in [0.2, 0.25) is 0 Å². The largest absolute Gasteiger partial charge is 0.459 e. The second-order valence-electron chi connectivity index (χ2n) is 24.7. The van der Waals surface area contributed by atoms with Gasteiger partial charge in [0.15, 0.2) is 12.6 Å². The topological polar surface area (TPSA) is 197 Å². The summed E-state index contributed by atoms with van der Waals surface area (Å²) in [5, 5.41) is 64.7. The zero-order valence-electron chi connectivity index (χ0n) is 50.4. The van der Waals surface area contributed by atoms with E-state index in [-0.39, 0.29) is 50.3 Å². The lowest BCUT2D eigenvalue weighted by atomic mass is 9.77. The molecule has 3 aliphatic rings. The number of benzene rings is 3. The minimum absolute atomic E-state index is 0.0664. The van der Waals surface area contributed by atoms with E-state index in [1.54, 1.807) is 53.4 Å². The number of carbonyl (C=O) groups is 2. The molecule has 1 amide bonds. The van der Waals surface area contributed by atoms with Crippen molar-refractivity contribution >= 4 is 35.1 Å². The summed E-state index contributed by atoms with van der Waals surface area (Å²) in [5.74, 6) is -3.30. The van der Waals surface area contributed by atoms with Crippen molar-refractivity contribution < 1.29 is 63.5 Å². The van der Waals surface area contributed by atoms with Crippen LogP contribution in [0.3, 0.4) is 0 Å². The van der Waals surface area contributed by atoms with Gasteiger partial charge >= 0.3 is 5.97 Å². The van der Waals surface area contributed by atoms with Gasteiger partial charge in [-0.15, -0.1) is 0 Å². The van der Waals surface area contributed by atoms with E-state index in [1.165, 1.54) is 29.9 Å². The number of nitrogens with zero attached hydrogens (tertiary/aromatic N) is 2. The molecule has 0 saturated carbocycles. The predicted molar refractivity (Wildman–Crippen MR) is 316 cm³/mol. The van der Waals surface area contributed by atoms with Crippen molar-refractivity contribution in [3.8, 4) is 0 Å². The van der Waals surface area contributed by atoms with Crippen LogP contribution in [-0.2, 0) is 38.0 Å². The number of aliphatic hydroxyl groups is 5. The molecular formula is C64H100N2O13P+. The fourth-order valence-electron chi connectivity index (χ4n) is 13.2. The van der Waals surface area contributed by atoms with Gasteiger partial charge in [-0.1, -0.05) is 94.6 Å². The fraction of sp³-hybridized carbons (Fsp3) is 0.688. The summed E-state index contributed by atoms with van der Waals surface area (Å²) in [7, 11) is 3.33. The predicted octanol–water partition coefficient (Wildman–Crippen LogP) is 7.52. The summed E-state index contributed by atoms with van der Waals surface area (Å²) in [4.78, 5) is 32.9. The Morgan fingerprint density at radius 2 is 1.29 bits per heavy atom. The number of rotatable bonds is 19. The molecule has 15 nitrogen and oxygen atoms in total. The van der Waals surface area contributed by atoms with Gasteiger partial charge < -0.3 is 63.8 Å². The average molecular weight is 1140 g/mol. The summed E-state index contributed by atoms with van der Waals surface area (Å²) in [5.41, 5.74) is -4.81. The van der Waals surface area contributed by atoms with E-state index >= 15 is 0 Å². The Morgan fingerprint density at radius 1 is 0.750 bits per heavy atom. The van der Waals surface area contributed by atoms with E-state index in [0.717, 1.165) is 38.3 Å². The fourth-order valence-corrected chi connectivity index (χ4v) is 17.6. The highest BCUT2D eigenvalue weighted by Crippen LogP contribution is 2.56. The number of methoxy groups -OCH3 is 1. The monoisotopic (exact) mass is 1140 g/mol. The first-order chi connectivity index (χ1) is 37.8. The van der Waals surface area contributed by atoms with Crippen LogP contribution in [-0.4, -0.2) is 171 Å². The highest BCUT2D eigenvalue weighted by atomic mass is 31.2. The van der Waals surface area contributed by atoms with Crippen molar-refractivity contribution in [3.05, 3.63) is 91.0 Å². The lowest BCUT2D eigenvalue weighted by molar-refractivity contribution is -0.318. The Balaban J connectivity index is 1.23. The van der Waals surface area contributed by atoms with Crippen molar-refractivity contribution in [2.24, 2.45) is 17.8 Å². The molecule has 3 aromatic rings. The third-order valence-electron chi connectivity index (χ3n) is 18.0. The van der Waals surface area contributed by atoms with Crippen molar-refractivity contribution in [2.45, 2.75) is 230 Å². The molecule has 3 aliphatic heterocycles. The Bertz CT molecular complexity index is 2250. The van der Waals surface area contributed by atoms with Gasteiger partial charge in [0.1, 0.15) is 53.2 Å². The highest BCUT2D eigenvalue weighted by molar-refractivity contribution is 7.95. The molecule has 3 saturated heterocycles. The molecule has 448 valence electrons. The number of carbonyl (C=O) groups excluding carboxylic acids is 2. The van der Waals surface area contributed by atoms with Crippen molar-refractivity contribution in [3.63, 3.8) is 0 Å². The van der Waals surface area contributed by atoms with E-state index < -0.39 is 109 Å². The lowest BCUT2D eigenvalue weighted by Crippen LogP contribution is -2.60. The van der Waals surface area contributed by atoms with Crippen LogP contribution in [0, 0.1) is 17.8 Å². The van der Waals surface area contributed by atoms with Gasteiger partial charge in [-0.3, -0.25) is 9.59 Å². The van der Waals surface area contributed by atoms with Gasteiger partial charge in [-0.2, -0.15) is 0 Å². The zero-order chi connectivity index (χ0) is 58.7. The van der Waals surface area contributed by atoms with E-state index in [0.29, 0.717) is 12.8 Å². The van der Waals surface area contributed by atoms with Crippen molar-refractivity contribution in [1.29, 1.82) is 0 Å². The van der Waals surface area contributed by atoms with Crippen molar-refractivity contribution in [2.75, 3.05) is 33.9 Å². The Kier molecular flexibility index (Phi) is 23.8. The molecule has 5 N–H and O–H groups in total. The van der Waals surface area contributed by atoms with Crippen LogP contribution >= 0.6 is 7.26 Å². The quantitative estimate of drug-likeness (QED) is 0.0449. The van der Waals surface area contributed by atoms with Crippen LogP contribution in [0.4, 0.5) is 0 Å². The molecule has 0 unspecified atom stereocenters. The number of hydrogen-bond acceptors (Lipinski definition) is 14. The van der Waals surface area contributed by atoms with Crippen LogP contribution in [0.15, 0.2) is 91.0 Å². The summed E-state index contributed by atoms with van der Waals surface area (Å²) < 4.78 is 38.3. The third-order valence-corrected chi connectivity index (χ3v) is 22.5. The molecule has 0 aromatic heterocycles. The molecule has 0 aliphatic carbocycles. The average Bonchev–Trinajstić information content (AvgIpc) is 3.47. The Labute approximate surface area is 479 Å². The minimum Gasteiger partial charge on any atom is -0.459 e. The summed E-state index contributed by atoms with van der Waals surface area (Å²) >= 11 is 0. The standard InChI is InChI=1S/C64H100N2O13P/c1-14-52-64(10,73)57(69)46(6)66(53(67)36-28-17-15-16-18-29-37-80(48-30-22-19-23-31-48,49-32-24-20-25-33-49)50-34-26-21-27-35-50)41-42(2)39-62(8,72)59(79-61-55(68)51(65(11)12)38-43(3)75-61)44(4)56(45(5)60(71)77-52)78-54-40-63(9,74-13)58(70)47(7)76-54/h19-27,30-35,42-47,51-52,54-59,61,68-70,72-73H,14-18,28-29,36-41H2,1-13H3/q+1/t42-,43-,44+,45-,46-,47+,51+,52-,54+,55-,56+,57-,58+,59-,61+,62-,63-,64-/m1/s1. The van der Waals surface area contributed by atoms with Crippen molar-refractivity contribution in [1.82, 2.24) is 9.80 Å². The molecular weight excluding hydrogens is 1040 g/mol. The Hall–Kier alpha value is -3.41. The number of amides is 1. The number of likely N-dealkylation sites (N-methyl/N-ethyl adjacent to an activating group) is 1. The van der Waals surface area contributed by atoms with Crippen LogP contribution in [0.1, 0.15) is 140 Å². The smallest absolute Gasteiger partial charge is 0.311 e. The number of cyclic esters (lactones) is 1. The maximum absolute atomic E-state index is 14.7. The molecule has 18 atom stereocenters. The molecule has 6 rings (SSSR count). The summed E-state index contributed by atoms with van der Waals surface area (Å²) in [6.07, 6.45) is -2.76. The summed E-state index contributed by atoms with van der Waals surface area (Å²) in [6, 6.07) is 31.5. The molecule has 3 fully saturated rings. The van der Waals surface area contributed by atoms with Crippen LogP contribution in [0.5, 0.6) is 0 Å². The molecule has 80 heavy (non-hydrogen) atoms. The second kappa shape index (κ2) is 28.9. The molecule has 0 bridgehead atoms. The highest BCUT2D eigenvalue weighted by Gasteiger charge is 2.53. The summed E-state index contributed by atoms with van der Waals surface area (Å²) in [6.45, 7) is 17.4. The first kappa shape index (κ1) is 65.7. The second-order valence-corrected chi connectivity index (χ2v) is 28.3. The van der Waals surface area contributed by atoms with Gasteiger partial charge in [0.05, 0.1) is 53.7 Å². The third kappa shape index (κ3) is 15.5. The maximum Gasteiger partial charge on any atom is 0.311 e. The number of aliphatic hydroxyl groups excluding tert-OH is 3. The molecule has 0 spiro atoms. The van der Waals surface area contributed by atoms with Gasteiger partial charge in [0.2, 0.25) is 5.91 Å². The van der Waals surface area contributed by atoms with Gasteiger partial charge in [-0.05, 0) is 143 Å². The molecule has 3 heterocycles. The van der Waals surface area contributed by atoms with Gasteiger partial charge in [0, 0.05) is 38.5 Å². The minimum atomic E-state index is -2.02. The van der Waals surface area contributed by atoms with Gasteiger partial charge in [-0.25, -0.2) is 0 Å². The van der Waals surface area contributed by atoms with E-state index in [2.05, 4.69) is 91.0 Å². The van der Waals surface area contributed by atoms with Gasteiger partial charge in [0.25, 0.3) is 0 Å². The molecule has 16 heteroatoms. The van der Waals surface area contributed by atoms with E-state index in [9.17, 15) is 35.1 Å². The SMILES string of the molecule is CC[C@H]1OC(=O)[C@H](C)[C@@H](O[C@H]2C[C@@](C)(OC)[C@@H](O)[C@H](C)O2)[C@H](C)[C@@H](O[C@@H]2O[C@H](C)C[C@H](N(C)C)[C@H]2O)[C@](C)(O)C[C@@H](C)CN(C(=O)CCCCCCCC[P+](c2ccccc2)(c2ccccc2)c2ccccc2)[C@H](C)[C@@H](O)[C@]1(C)O.